The van der Waals surface area contributed by atoms with Gasteiger partial charge in [-0.15, -0.1) is 0 Å². The lowest BCUT2D eigenvalue weighted by molar-refractivity contribution is -0.384. The first-order valence-corrected chi connectivity index (χ1v) is 27.6. The number of benzene rings is 1. The van der Waals surface area contributed by atoms with E-state index in [2.05, 4.69) is 52.5 Å². The number of nitrogens with one attached hydrogen (secondary N) is 8. The molecule has 19 N–H and O–H groups in total. The number of primary amides is 1. The molecule has 3 rings (SSSR count). The maximum atomic E-state index is 14.4. The number of rotatable bonds is 17. The molecule has 79 heavy (non-hydrogen) atoms. The molecule has 0 radical (unpaired) electrons. The normalized spacial score (nSPS) is 24.1. The van der Waals surface area contributed by atoms with Crippen LogP contribution in [0.25, 0.3) is 0 Å². The zero-order chi connectivity index (χ0) is 58.9. The number of carbonyl (C=O) groups is 11. The Morgan fingerprint density at radius 3 is 1.89 bits per heavy atom. The van der Waals surface area contributed by atoms with E-state index in [1.165, 1.54) is 24.0 Å². The highest BCUT2D eigenvalue weighted by Crippen LogP contribution is 2.25. The van der Waals surface area contributed by atoms with Crippen LogP contribution in [-0.2, 0) is 59.2 Å². The van der Waals surface area contributed by atoms with Gasteiger partial charge in [-0.1, -0.05) is 54.0 Å². The Morgan fingerprint density at radius 1 is 0.772 bits per heavy atom. The van der Waals surface area contributed by atoms with Crippen LogP contribution in [0.5, 0.6) is 0 Å². The molecule has 0 bridgehead atoms. The molecule has 1 aromatic rings. The third kappa shape index (κ3) is 22.5. The summed E-state index contributed by atoms with van der Waals surface area (Å²) in [6, 6.07) is -6.76. The molecule has 33 heteroatoms. The summed E-state index contributed by atoms with van der Waals surface area (Å²) in [7, 11) is 1.97. The Labute approximate surface area is 462 Å². The van der Waals surface area contributed by atoms with Gasteiger partial charge in [0, 0.05) is 56.6 Å². The number of hydrogen-bond donors (Lipinski definition) is 14. The summed E-state index contributed by atoms with van der Waals surface area (Å²) in [5, 5.41) is 41.1. The lowest BCUT2D eigenvalue weighted by Gasteiger charge is -2.32. The Morgan fingerprint density at radius 2 is 1.33 bits per heavy atom. The van der Waals surface area contributed by atoms with E-state index in [4.69, 9.17) is 28.7 Å². The molecule has 2 heterocycles. The smallest absolute Gasteiger partial charge is 0.305 e. The maximum Gasteiger partial charge on any atom is 0.305 e. The summed E-state index contributed by atoms with van der Waals surface area (Å²) >= 11 is 0. The number of non-ortho nitro benzene ring substituents is 1. The van der Waals surface area contributed by atoms with E-state index in [0.29, 0.717) is 12.8 Å². The second kappa shape index (κ2) is 32.7. The number of guanidine groups is 2. The number of carbonyl (C=O) groups excluding carboxylic acids is 10. The average Bonchev–Trinajstić information content (AvgIpc) is 3.89. The van der Waals surface area contributed by atoms with Crippen molar-refractivity contribution in [3.05, 3.63) is 39.9 Å². The monoisotopic (exact) mass is 1150 g/mol. The topological polar surface area (TPSA) is 505 Å². The number of amides is 10. The quantitative estimate of drug-likeness (QED) is 0.0174. The van der Waals surface area contributed by atoms with Crippen molar-refractivity contribution in [3.8, 4) is 0 Å². The van der Waals surface area contributed by atoms with Crippen LogP contribution in [-0.4, -0.2) is 178 Å². The van der Waals surface area contributed by atoms with Crippen LogP contribution >= 0.6 is 21.6 Å². The Bertz CT molecular complexity index is 2440. The molecular formula is C46H71N17O14S2. The van der Waals surface area contributed by atoms with Crippen molar-refractivity contribution >= 4 is 104 Å². The second-order valence-corrected chi connectivity index (χ2v) is 21.0. The van der Waals surface area contributed by atoms with E-state index in [-0.39, 0.29) is 86.4 Å². The molecule has 0 spiro atoms. The molecule has 436 valence electrons. The number of carboxylic acids is 1. The van der Waals surface area contributed by atoms with Crippen molar-refractivity contribution in [2.75, 3.05) is 37.7 Å². The Kier molecular flexibility index (Phi) is 27.0. The highest BCUT2D eigenvalue weighted by Gasteiger charge is 2.41. The van der Waals surface area contributed by atoms with Crippen molar-refractivity contribution in [1.82, 2.24) is 47.4 Å². The van der Waals surface area contributed by atoms with Gasteiger partial charge >= 0.3 is 5.97 Å². The van der Waals surface area contributed by atoms with Gasteiger partial charge in [0.25, 0.3) is 5.69 Å². The summed E-state index contributed by atoms with van der Waals surface area (Å²) in [4.78, 5) is 169. The Hall–Kier alpha value is -7.97. The molecule has 1 aromatic carbocycles. The summed E-state index contributed by atoms with van der Waals surface area (Å²) in [6.45, 7) is 3.83. The van der Waals surface area contributed by atoms with Gasteiger partial charge in [0.1, 0.15) is 48.3 Å². The first kappa shape index (κ1) is 65.3. The molecule has 0 aliphatic carbocycles. The number of carboxylic acid groups (broad SMARTS) is 1. The van der Waals surface area contributed by atoms with Gasteiger partial charge in [-0.25, -0.2) is 0 Å². The molecule has 9 atom stereocenters. The third-order valence-electron chi connectivity index (χ3n) is 12.4. The van der Waals surface area contributed by atoms with Crippen molar-refractivity contribution < 1.29 is 62.8 Å². The van der Waals surface area contributed by atoms with E-state index in [9.17, 15) is 68.0 Å². The summed E-state index contributed by atoms with van der Waals surface area (Å²) in [6.07, 6.45) is -0.736. The van der Waals surface area contributed by atoms with E-state index in [1.54, 1.807) is 13.8 Å². The van der Waals surface area contributed by atoms with Crippen LogP contribution in [0.1, 0.15) is 77.7 Å². The third-order valence-corrected chi connectivity index (χ3v) is 14.8. The van der Waals surface area contributed by atoms with E-state index in [1.807, 2.05) is 0 Å². The van der Waals surface area contributed by atoms with E-state index in [0.717, 1.165) is 33.7 Å². The zero-order valence-electron chi connectivity index (χ0n) is 43.9. The molecule has 0 aromatic heterocycles. The molecule has 10 amide bonds. The maximum absolute atomic E-state index is 14.4. The minimum absolute atomic E-state index is 0.0137. The number of aliphatic carboxylic acids is 1. The van der Waals surface area contributed by atoms with E-state index >= 15 is 0 Å². The number of hydrogen-bond acceptors (Lipinski definition) is 17. The van der Waals surface area contributed by atoms with Crippen LogP contribution in [0, 0.1) is 16.0 Å². The predicted octanol–water partition coefficient (Wildman–Crippen LogP) is -4.83. The highest BCUT2D eigenvalue weighted by molar-refractivity contribution is 8.76. The first-order valence-electron chi connectivity index (χ1n) is 25.1. The number of nitro benzene ring substituents is 1. The molecular weight excluding hydrogens is 1080 g/mol. The van der Waals surface area contributed by atoms with Gasteiger partial charge in [0.2, 0.25) is 59.1 Å². The van der Waals surface area contributed by atoms with Crippen LogP contribution in [0.2, 0.25) is 0 Å². The van der Waals surface area contributed by atoms with Gasteiger partial charge in [0.15, 0.2) is 11.9 Å². The van der Waals surface area contributed by atoms with Crippen molar-refractivity contribution in [1.29, 1.82) is 0 Å². The predicted molar refractivity (Wildman–Crippen MR) is 289 cm³/mol. The SMILES string of the molecule is CC[C@H](C)[C@H]1NC(=O)[C@H](NC(C)=O)CSSC[C@H](C(N)=O)NC(=O)[C@@H](CCCN=C(N)N)NC(=O)[C@H](Cc2ccc([N+](=O)[O-])cc2)NC(=O)[C@@H](CC(=O)O)NC(=O)CNC(=O)[C@@H](CCCN=C(N)N)NC(=O)[C@@H]2CCCN2C1=O. The van der Waals surface area contributed by atoms with Crippen LogP contribution in [0.4, 0.5) is 5.69 Å². The fourth-order valence-electron chi connectivity index (χ4n) is 8.02. The Balaban J connectivity index is 2.14. The molecule has 2 aliphatic rings. The first-order chi connectivity index (χ1) is 37.3. The molecule has 2 saturated heterocycles. The number of nitrogens with two attached hydrogens (primary N) is 5. The van der Waals surface area contributed by atoms with Crippen molar-refractivity contribution in [2.45, 2.75) is 127 Å². The van der Waals surface area contributed by atoms with Crippen LogP contribution < -0.4 is 71.2 Å². The lowest BCUT2D eigenvalue weighted by atomic mass is 9.97. The summed E-state index contributed by atoms with van der Waals surface area (Å²) in [5.41, 5.74) is 27.5. The largest absolute Gasteiger partial charge is 0.481 e. The number of nitrogens with zero attached hydrogens (tertiary/aromatic N) is 4. The van der Waals surface area contributed by atoms with Crippen molar-refractivity contribution in [2.24, 2.45) is 44.6 Å². The fraction of sp³-hybridized carbons (Fsp3) is 0.587. The second-order valence-electron chi connectivity index (χ2n) is 18.5. The van der Waals surface area contributed by atoms with Crippen LogP contribution in [0.3, 0.4) is 0 Å². The highest BCUT2D eigenvalue weighted by atomic mass is 33.1. The number of fused-ring (bicyclic) bond motifs is 1. The van der Waals surface area contributed by atoms with Gasteiger partial charge in [-0.05, 0) is 50.0 Å². The van der Waals surface area contributed by atoms with Crippen LogP contribution in [0.15, 0.2) is 34.3 Å². The van der Waals surface area contributed by atoms with Gasteiger partial charge in [0.05, 0.1) is 17.9 Å². The summed E-state index contributed by atoms with van der Waals surface area (Å²) in [5.74, 6) is -12.1. The minimum Gasteiger partial charge on any atom is -0.481 e. The molecule has 0 unspecified atom stereocenters. The minimum atomic E-state index is -1.92. The number of aliphatic imine (C=N–C) groups is 2. The summed E-state index contributed by atoms with van der Waals surface area (Å²) < 4.78 is 0. The van der Waals surface area contributed by atoms with Gasteiger partial charge in [-0.3, -0.25) is 72.8 Å². The molecule has 0 saturated carbocycles. The van der Waals surface area contributed by atoms with Gasteiger partial charge in [-0.2, -0.15) is 0 Å². The van der Waals surface area contributed by atoms with Crippen molar-refractivity contribution in [3.63, 3.8) is 0 Å². The van der Waals surface area contributed by atoms with E-state index < -0.39 is 144 Å². The average molecular weight is 1150 g/mol. The zero-order valence-corrected chi connectivity index (χ0v) is 45.5. The molecule has 2 fully saturated rings. The molecule has 2 aliphatic heterocycles. The standard InChI is InChI=1S/C46H71N17O14S2/c1-4-23(2)36-44(75)62-17-7-10-33(62)43(74)58-27(8-5-15-52-45(48)49)38(69)54-20-34(65)56-30(19-35(66)67)41(72)59-29(18-25-11-13-26(14-12-25)63(76)77)40(71)57-28(9-6-16-53-46(50)51)39(70)60-31(37(47)68)21-78-79-22-32(42(73)61-36)55-24(3)64/h11-14,23,27-33,36H,4-10,15-22H2,1-3H3,(H2,47,68)(H,54,69)(H,55,64)(H,56,65)(H,57,71)(H,58,74)(H,59,72)(H,60,70)(H,61,73)(H,66,67)(H4,48,49,52)(H4,50,51,53)/t23-,27+,28+,29-,30+,31+,32+,33-,36+/m0/s1. The van der Waals surface area contributed by atoms with Gasteiger partial charge < -0.3 is 81.2 Å². The fourth-order valence-corrected chi connectivity index (χ4v) is 10.4. The molecule has 31 nitrogen and oxygen atoms in total. The lowest BCUT2D eigenvalue weighted by Crippen LogP contribution is -2.60. The number of nitro groups is 1.